The Hall–Kier alpha value is -4.44. The largest absolute Gasteiger partial charge is 0.368 e. The van der Waals surface area contributed by atoms with Crippen molar-refractivity contribution < 1.29 is 9.59 Å². The standard InChI is InChI=1S/C26H26ClN7O3/c1-16(35)28-10-11-29-22-15-23(34-25(33-22)17-6-8-18(27)9-7-17)30-12-13-31-26(37)20-14-24(36)32-21-5-3-2-4-19(20)21/h2-9,14-15H,10-13H2,1H3,(H,28,35)(H,31,37)(H,32,36)(H2,29,30,33,34). The van der Waals surface area contributed by atoms with Gasteiger partial charge < -0.3 is 26.3 Å². The van der Waals surface area contributed by atoms with Crippen molar-refractivity contribution in [2.45, 2.75) is 6.92 Å². The Bertz CT molecular complexity index is 1470. The van der Waals surface area contributed by atoms with Gasteiger partial charge in [-0.15, -0.1) is 0 Å². The highest BCUT2D eigenvalue weighted by atomic mass is 35.5. The van der Waals surface area contributed by atoms with E-state index in [2.05, 4.69) is 36.2 Å². The molecule has 0 spiro atoms. The van der Waals surface area contributed by atoms with Gasteiger partial charge in [0.1, 0.15) is 11.6 Å². The number of para-hydroxylation sites is 1. The number of pyridine rings is 1. The number of carbonyl (C=O) groups excluding carboxylic acids is 2. The van der Waals surface area contributed by atoms with Crippen LogP contribution in [0.5, 0.6) is 0 Å². The molecule has 0 fully saturated rings. The van der Waals surface area contributed by atoms with E-state index in [1.165, 1.54) is 13.0 Å². The van der Waals surface area contributed by atoms with Crippen molar-refractivity contribution in [3.63, 3.8) is 0 Å². The summed E-state index contributed by atoms with van der Waals surface area (Å²) in [5.41, 5.74) is 1.37. The zero-order valence-electron chi connectivity index (χ0n) is 20.1. The van der Waals surface area contributed by atoms with E-state index in [-0.39, 0.29) is 17.4 Å². The molecule has 4 aromatic rings. The van der Waals surface area contributed by atoms with Crippen LogP contribution in [0.2, 0.25) is 5.02 Å². The van der Waals surface area contributed by atoms with Gasteiger partial charge in [0.05, 0.1) is 5.56 Å². The van der Waals surface area contributed by atoms with Gasteiger partial charge in [0.15, 0.2) is 5.82 Å². The fraction of sp³-hybridized carbons (Fsp3) is 0.192. The summed E-state index contributed by atoms with van der Waals surface area (Å²) in [5, 5.41) is 13.2. The second kappa shape index (κ2) is 12.0. The van der Waals surface area contributed by atoms with Gasteiger partial charge in [-0.05, 0) is 30.3 Å². The van der Waals surface area contributed by atoms with Gasteiger partial charge in [0.2, 0.25) is 11.5 Å². The van der Waals surface area contributed by atoms with Crippen molar-refractivity contribution in [1.29, 1.82) is 0 Å². The number of halogens is 1. The number of benzene rings is 2. The molecule has 0 saturated heterocycles. The van der Waals surface area contributed by atoms with Gasteiger partial charge in [-0.1, -0.05) is 29.8 Å². The molecule has 0 aliphatic rings. The Morgan fingerprint density at radius 2 is 1.51 bits per heavy atom. The Balaban J connectivity index is 1.43. The van der Waals surface area contributed by atoms with Crippen LogP contribution >= 0.6 is 11.6 Å². The summed E-state index contributed by atoms with van der Waals surface area (Å²) in [6.45, 7) is 3.07. The Labute approximate surface area is 217 Å². The maximum atomic E-state index is 12.8. The fourth-order valence-electron chi connectivity index (χ4n) is 3.64. The number of anilines is 2. The molecule has 2 aromatic carbocycles. The van der Waals surface area contributed by atoms with Crippen molar-refractivity contribution in [2.24, 2.45) is 0 Å². The molecule has 2 amide bonds. The van der Waals surface area contributed by atoms with Crippen LogP contribution in [-0.2, 0) is 4.79 Å². The molecule has 0 atom stereocenters. The second-order valence-corrected chi connectivity index (χ2v) is 8.59. The Morgan fingerprint density at radius 3 is 2.19 bits per heavy atom. The van der Waals surface area contributed by atoms with Crippen molar-refractivity contribution >= 4 is 46.0 Å². The summed E-state index contributed by atoms with van der Waals surface area (Å²) in [4.78, 5) is 47.7. The molecular formula is C26H26ClN7O3. The molecule has 5 N–H and O–H groups in total. The number of rotatable bonds is 10. The summed E-state index contributed by atoms with van der Waals surface area (Å²) in [6, 6.07) is 17.4. The minimum Gasteiger partial charge on any atom is -0.368 e. The van der Waals surface area contributed by atoms with Crippen LogP contribution in [-0.4, -0.2) is 52.9 Å². The van der Waals surface area contributed by atoms with E-state index < -0.39 is 0 Å². The quantitative estimate of drug-likeness (QED) is 0.203. The number of fused-ring (bicyclic) bond motifs is 1. The molecule has 0 bridgehead atoms. The van der Waals surface area contributed by atoms with Crippen molar-refractivity contribution in [3.8, 4) is 11.4 Å². The van der Waals surface area contributed by atoms with Gasteiger partial charge in [-0.3, -0.25) is 14.4 Å². The third kappa shape index (κ3) is 7.05. The van der Waals surface area contributed by atoms with Gasteiger partial charge in [-0.25, -0.2) is 9.97 Å². The fourth-order valence-corrected chi connectivity index (χ4v) is 3.77. The second-order valence-electron chi connectivity index (χ2n) is 8.15. The van der Waals surface area contributed by atoms with Crippen LogP contribution < -0.4 is 26.8 Å². The average molecular weight is 520 g/mol. The number of amides is 2. The zero-order valence-corrected chi connectivity index (χ0v) is 20.9. The summed E-state index contributed by atoms with van der Waals surface area (Å²) in [7, 11) is 0. The van der Waals surface area contributed by atoms with Crippen molar-refractivity contribution in [3.05, 3.63) is 81.6 Å². The predicted molar refractivity (Wildman–Crippen MR) is 145 cm³/mol. The number of nitrogens with one attached hydrogen (secondary N) is 5. The molecular weight excluding hydrogens is 494 g/mol. The van der Waals surface area contributed by atoms with E-state index >= 15 is 0 Å². The average Bonchev–Trinajstić information content (AvgIpc) is 2.88. The van der Waals surface area contributed by atoms with Gasteiger partial charge in [-0.2, -0.15) is 0 Å². The zero-order chi connectivity index (χ0) is 26.2. The van der Waals surface area contributed by atoms with Crippen molar-refractivity contribution in [2.75, 3.05) is 36.8 Å². The molecule has 2 heterocycles. The third-order valence-corrected chi connectivity index (χ3v) is 5.60. The summed E-state index contributed by atoms with van der Waals surface area (Å²) in [5.74, 6) is 1.17. The molecule has 0 aliphatic heterocycles. The predicted octanol–water partition coefficient (Wildman–Crippen LogP) is 3.03. The first-order valence-electron chi connectivity index (χ1n) is 11.7. The minimum absolute atomic E-state index is 0.108. The van der Waals surface area contributed by atoms with Gasteiger partial charge >= 0.3 is 0 Å². The topological polar surface area (TPSA) is 141 Å². The number of hydrogen-bond acceptors (Lipinski definition) is 7. The van der Waals surface area contributed by atoms with E-state index in [0.29, 0.717) is 65.1 Å². The molecule has 4 rings (SSSR count). The highest BCUT2D eigenvalue weighted by Gasteiger charge is 2.12. The number of aromatic nitrogens is 3. The first-order valence-corrected chi connectivity index (χ1v) is 12.0. The molecule has 0 saturated carbocycles. The normalized spacial score (nSPS) is 10.6. The van der Waals surface area contributed by atoms with E-state index in [1.807, 2.05) is 18.2 Å². The molecule has 0 aliphatic carbocycles. The van der Waals surface area contributed by atoms with Crippen LogP contribution in [0.1, 0.15) is 17.3 Å². The Morgan fingerprint density at radius 1 is 0.865 bits per heavy atom. The highest BCUT2D eigenvalue weighted by molar-refractivity contribution is 6.30. The first-order chi connectivity index (χ1) is 17.9. The van der Waals surface area contributed by atoms with E-state index in [1.54, 1.807) is 36.4 Å². The smallest absolute Gasteiger partial charge is 0.252 e. The van der Waals surface area contributed by atoms with Crippen LogP contribution in [0.3, 0.4) is 0 Å². The number of H-pyrrole nitrogens is 1. The summed E-state index contributed by atoms with van der Waals surface area (Å²) < 4.78 is 0. The molecule has 190 valence electrons. The molecule has 10 nitrogen and oxygen atoms in total. The molecule has 37 heavy (non-hydrogen) atoms. The number of hydrogen-bond donors (Lipinski definition) is 5. The number of nitrogens with zero attached hydrogens (tertiary/aromatic N) is 2. The molecule has 11 heteroatoms. The lowest BCUT2D eigenvalue weighted by Crippen LogP contribution is -2.30. The third-order valence-electron chi connectivity index (χ3n) is 5.35. The van der Waals surface area contributed by atoms with E-state index in [4.69, 9.17) is 11.6 Å². The molecule has 0 unspecified atom stereocenters. The number of aromatic amines is 1. The molecule has 0 radical (unpaired) electrons. The Kier molecular flexibility index (Phi) is 8.32. The number of carbonyl (C=O) groups is 2. The summed E-state index contributed by atoms with van der Waals surface area (Å²) >= 11 is 6.01. The van der Waals surface area contributed by atoms with Gasteiger partial charge in [0.25, 0.3) is 5.91 Å². The lowest BCUT2D eigenvalue weighted by atomic mass is 10.1. The highest BCUT2D eigenvalue weighted by Crippen LogP contribution is 2.22. The van der Waals surface area contributed by atoms with Crippen LogP contribution in [0.25, 0.3) is 22.3 Å². The lowest BCUT2D eigenvalue weighted by molar-refractivity contribution is -0.118. The van der Waals surface area contributed by atoms with Gasteiger partial charge in [0, 0.05) is 66.7 Å². The first kappa shape index (κ1) is 25.6. The maximum Gasteiger partial charge on any atom is 0.252 e. The SMILES string of the molecule is CC(=O)NCCNc1cc(NCCNC(=O)c2cc(=O)[nH]c3ccccc23)nc(-c2ccc(Cl)cc2)n1. The lowest BCUT2D eigenvalue weighted by Gasteiger charge is -2.13. The van der Waals surface area contributed by atoms with Crippen LogP contribution in [0.15, 0.2) is 65.5 Å². The van der Waals surface area contributed by atoms with E-state index in [0.717, 1.165) is 5.56 Å². The maximum absolute atomic E-state index is 12.8. The monoisotopic (exact) mass is 519 g/mol. The van der Waals surface area contributed by atoms with Crippen LogP contribution in [0.4, 0.5) is 11.6 Å². The van der Waals surface area contributed by atoms with Crippen molar-refractivity contribution in [1.82, 2.24) is 25.6 Å². The molecule has 2 aromatic heterocycles. The van der Waals surface area contributed by atoms with Crippen LogP contribution in [0, 0.1) is 0 Å². The van der Waals surface area contributed by atoms with E-state index in [9.17, 15) is 14.4 Å². The summed E-state index contributed by atoms with van der Waals surface area (Å²) in [6.07, 6.45) is 0. The minimum atomic E-state index is -0.339.